The van der Waals surface area contributed by atoms with Crippen molar-refractivity contribution in [2.45, 2.75) is 13.0 Å². The van der Waals surface area contributed by atoms with E-state index in [1.807, 2.05) is 19.1 Å². The van der Waals surface area contributed by atoms with Gasteiger partial charge in [-0.15, -0.1) is 10.2 Å². The molecule has 2 aromatic rings. The lowest BCUT2D eigenvalue weighted by Crippen LogP contribution is -2.41. The van der Waals surface area contributed by atoms with E-state index in [1.165, 1.54) is 7.11 Å². The van der Waals surface area contributed by atoms with Crippen LogP contribution in [0.3, 0.4) is 0 Å². The van der Waals surface area contributed by atoms with Crippen LogP contribution >= 0.6 is 0 Å². The first-order chi connectivity index (χ1) is 12.2. The highest BCUT2D eigenvalue weighted by atomic mass is 16.5. The van der Waals surface area contributed by atoms with Crippen LogP contribution in [0.1, 0.15) is 28.1 Å². The number of furan rings is 1. The average Bonchev–Trinajstić information content (AvgIpc) is 3.09. The molecule has 25 heavy (non-hydrogen) atoms. The molecule has 134 valence electrons. The van der Waals surface area contributed by atoms with Crippen molar-refractivity contribution < 1.29 is 18.7 Å². The largest absolute Gasteiger partial charge is 0.465 e. The summed E-state index contributed by atoms with van der Waals surface area (Å²) >= 11 is 0. The lowest BCUT2D eigenvalue weighted by Gasteiger charge is -2.33. The number of aromatic nitrogens is 2. The number of carbonyl (C=O) groups excluding carboxylic acids is 1. The van der Waals surface area contributed by atoms with Crippen LogP contribution in [0, 0.1) is 6.92 Å². The van der Waals surface area contributed by atoms with Gasteiger partial charge < -0.3 is 19.2 Å². The van der Waals surface area contributed by atoms with Gasteiger partial charge in [0.15, 0.2) is 5.69 Å². The third kappa shape index (κ3) is 4.34. The Balaban J connectivity index is 1.68. The second-order valence-electron chi connectivity index (χ2n) is 5.79. The zero-order valence-corrected chi connectivity index (χ0v) is 14.4. The molecule has 1 fully saturated rings. The molecule has 1 saturated heterocycles. The zero-order valence-electron chi connectivity index (χ0n) is 14.4. The van der Waals surface area contributed by atoms with Crippen molar-refractivity contribution in [3.8, 4) is 0 Å². The molecule has 0 aromatic carbocycles. The Bertz CT molecular complexity index is 695. The number of hydrogen-bond donors (Lipinski definition) is 1. The van der Waals surface area contributed by atoms with Crippen molar-refractivity contribution in [1.29, 1.82) is 0 Å². The minimum Gasteiger partial charge on any atom is -0.465 e. The standard InChI is InChI=1S/C17H22N4O4/c1-12-3-5-15(25-12)14(21-7-9-24-10-8-21)11-18-16-6-4-13(19-20-16)17(22)23-2/h3-6,14H,7-11H2,1-2H3,(H,18,20). The molecule has 3 rings (SSSR count). The first kappa shape index (κ1) is 17.4. The van der Waals surface area contributed by atoms with Gasteiger partial charge in [-0.1, -0.05) is 0 Å². The summed E-state index contributed by atoms with van der Waals surface area (Å²) in [6.07, 6.45) is 0. The Morgan fingerprint density at radius 1 is 1.28 bits per heavy atom. The van der Waals surface area contributed by atoms with Crippen LogP contribution in [0.5, 0.6) is 0 Å². The zero-order chi connectivity index (χ0) is 17.6. The summed E-state index contributed by atoms with van der Waals surface area (Å²) < 4.78 is 15.9. The SMILES string of the molecule is COC(=O)c1ccc(NCC(c2ccc(C)o2)N2CCOCC2)nn1. The summed E-state index contributed by atoms with van der Waals surface area (Å²) in [5.74, 6) is 1.88. The first-order valence-corrected chi connectivity index (χ1v) is 8.21. The minimum absolute atomic E-state index is 0.0692. The number of methoxy groups -OCH3 is 1. The Hall–Kier alpha value is -2.45. The van der Waals surface area contributed by atoms with Crippen molar-refractivity contribution in [2.24, 2.45) is 0 Å². The van der Waals surface area contributed by atoms with E-state index >= 15 is 0 Å². The molecule has 1 unspecified atom stereocenters. The number of carbonyl (C=O) groups is 1. The van der Waals surface area contributed by atoms with Gasteiger partial charge in [-0.25, -0.2) is 4.79 Å². The van der Waals surface area contributed by atoms with Crippen LogP contribution in [0.25, 0.3) is 0 Å². The van der Waals surface area contributed by atoms with Crippen molar-refractivity contribution in [3.05, 3.63) is 41.5 Å². The van der Waals surface area contributed by atoms with Crippen molar-refractivity contribution in [1.82, 2.24) is 15.1 Å². The molecule has 0 radical (unpaired) electrons. The van der Waals surface area contributed by atoms with Crippen LogP contribution < -0.4 is 5.32 Å². The Morgan fingerprint density at radius 2 is 2.08 bits per heavy atom. The van der Waals surface area contributed by atoms with Gasteiger partial charge in [0.1, 0.15) is 17.3 Å². The number of aryl methyl sites for hydroxylation is 1. The Labute approximate surface area is 146 Å². The summed E-state index contributed by atoms with van der Waals surface area (Å²) in [4.78, 5) is 13.7. The van der Waals surface area contributed by atoms with E-state index < -0.39 is 5.97 Å². The monoisotopic (exact) mass is 346 g/mol. The second kappa shape index (κ2) is 8.09. The molecular weight excluding hydrogens is 324 g/mol. The number of anilines is 1. The number of morpholine rings is 1. The highest BCUT2D eigenvalue weighted by Crippen LogP contribution is 2.24. The summed E-state index contributed by atoms with van der Waals surface area (Å²) in [5.41, 5.74) is 0.180. The molecule has 2 aromatic heterocycles. The number of ether oxygens (including phenoxy) is 2. The lowest BCUT2D eigenvalue weighted by molar-refractivity contribution is 0.0143. The molecule has 0 bridgehead atoms. The third-order valence-corrected chi connectivity index (χ3v) is 4.11. The van der Waals surface area contributed by atoms with Crippen molar-refractivity contribution in [2.75, 3.05) is 45.3 Å². The fourth-order valence-corrected chi connectivity index (χ4v) is 2.77. The number of esters is 1. The van der Waals surface area contributed by atoms with Gasteiger partial charge in [-0.05, 0) is 31.2 Å². The highest BCUT2D eigenvalue weighted by Gasteiger charge is 2.25. The van der Waals surface area contributed by atoms with E-state index in [4.69, 9.17) is 9.15 Å². The average molecular weight is 346 g/mol. The first-order valence-electron chi connectivity index (χ1n) is 8.21. The van der Waals surface area contributed by atoms with Gasteiger partial charge in [-0.3, -0.25) is 4.90 Å². The lowest BCUT2D eigenvalue weighted by atomic mass is 10.1. The van der Waals surface area contributed by atoms with Crippen molar-refractivity contribution in [3.63, 3.8) is 0 Å². The molecule has 0 saturated carbocycles. The van der Waals surface area contributed by atoms with Crippen LogP contribution in [-0.4, -0.2) is 61.0 Å². The van der Waals surface area contributed by atoms with Gasteiger partial charge >= 0.3 is 5.97 Å². The molecule has 1 atom stereocenters. The van der Waals surface area contributed by atoms with Crippen LogP contribution in [0.2, 0.25) is 0 Å². The molecule has 0 aliphatic carbocycles. The number of nitrogens with one attached hydrogen (secondary N) is 1. The maximum absolute atomic E-state index is 11.4. The fraction of sp³-hybridized carbons (Fsp3) is 0.471. The summed E-state index contributed by atoms with van der Waals surface area (Å²) in [6, 6.07) is 7.33. The van der Waals surface area contributed by atoms with E-state index in [0.29, 0.717) is 25.6 Å². The third-order valence-electron chi connectivity index (χ3n) is 4.11. The molecule has 0 amide bonds. The predicted molar refractivity (Wildman–Crippen MR) is 90.4 cm³/mol. The van der Waals surface area contributed by atoms with E-state index in [1.54, 1.807) is 12.1 Å². The maximum atomic E-state index is 11.4. The van der Waals surface area contributed by atoms with Crippen LogP contribution in [-0.2, 0) is 9.47 Å². The predicted octanol–water partition coefficient (Wildman–Crippen LogP) is 1.65. The topological polar surface area (TPSA) is 89.7 Å². The Morgan fingerprint density at radius 3 is 2.68 bits per heavy atom. The maximum Gasteiger partial charge on any atom is 0.358 e. The highest BCUT2D eigenvalue weighted by molar-refractivity contribution is 5.86. The summed E-state index contributed by atoms with van der Waals surface area (Å²) in [7, 11) is 1.31. The van der Waals surface area contributed by atoms with E-state index in [9.17, 15) is 4.79 Å². The Kier molecular flexibility index (Phi) is 5.62. The number of rotatable bonds is 6. The van der Waals surface area contributed by atoms with Gasteiger partial charge in [0.05, 0.1) is 26.4 Å². The normalized spacial score (nSPS) is 16.4. The molecular formula is C17H22N4O4. The molecule has 0 spiro atoms. The van der Waals surface area contributed by atoms with Gasteiger partial charge in [0, 0.05) is 19.6 Å². The molecule has 1 N–H and O–H groups in total. The van der Waals surface area contributed by atoms with E-state index in [0.717, 1.165) is 24.6 Å². The molecule has 8 heteroatoms. The van der Waals surface area contributed by atoms with Gasteiger partial charge in [0.2, 0.25) is 0 Å². The number of nitrogens with zero attached hydrogens (tertiary/aromatic N) is 3. The number of hydrogen-bond acceptors (Lipinski definition) is 8. The smallest absolute Gasteiger partial charge is 0.358 e. The fourth-order valence-electron chi connectivity index (χ4n) is 2.77. The van der Waals surface area contributed by atoms with Crippen LogP contribution in [0.4, 0.5) is 5.82 Å². The molecule has 1 aliphatic heterocycles. The summed E-state index contributed by atoms with van der Waals surface area (Å²) in [5, 5.41) is 11.2. The second-order valence-corrected chi connectivity index (χ2v) is 5.79. The molecule has 3 heterocycles. The van der Waals surface area contributed by atoms with E-state index in [-0.39, 0.29) is 11.7 Å². The van der Waals surface area contributed by atoms with Crippen LogP contribution in [0.15, 0.2) is 28.7 Å². The molecule has 8 nitrogen and oxygen atoms in total. The van der Waals surface area contributed by atoms with E-state index in [2.05, 4.69) is 25.2 Å². The summed E-state index contributed by atoms with van der Waals surface area (Å²) in [6.45, 7) is 5.66. The quantitative estimate of drug-likeness (QED) is 0.790. The van der Waals surface area contributed by atoms with Gasteiger partial charge in [0.25, 0.3) is 0 Å². The molecule has 1 aliphatic rings. The van der Waals surface area contributed by atoms with Gasteiger partial charge in [-0.2, -0.15) is 0 Å². The van der Waals surface area contributed by atoms with Crippen molar-refractivity contribution >= 4 is 11.8 Å². The minimum atomic E-state index is -0.503.